The van der Waals surface area contributed by atoms with Gasteiger partial charge in [0, 0.05) is 46.2 Å². The molecule has 0 aromatic heterocycles. The van der Waals surface area contributed by atoms with E-state index in [4.69, 9.17) is 0 Å². The predicted octanol–water partition coefficient (Wildman–Crippen LogP) is 2.37. The Kier molecular flexibility index (Phi) is 9.20. The second-order valence-corrected chi connectivity index (χ2v) is 10.3. The highest BCUT2D eigenvalue weighted by atomic mass is 32.2. The Morgan fingerprint density at radius 3 is 2.26 bits per heavy atom. The van der Waals surface area contributed by atoms with Crippen LogP contribution < -0.4 is 10.0 Å². The lowest BCUT2D eigenvalue weighted by molar-refractivity contribution is -0.135. The Hall–Kier alpha value is -3.01. The number of benzene rings is 2. The van der Waals surface area contributed by atoms with E-state index in [1.165, 1.54) is 11.8 Å². The van der Waals surface area contributed by atoms with Gasteiger partial charge in [-0.25, -0.2) is 13.1 Å². The van der Waals surface area contributed by atoms with Crippen molar-refractivity contribution in [2.45, 2.75) is 32.1 Å². The van der Waals surface area contributed by atoms with Crippen molar-refractivity contribution in [2.24, 2.45) is 0 Å². The van der Waals surface area contributed by atoms with Gasteiger partial charge >= 0.3 is 0 Å². The Bertz CT molecular complexity index is 1170. The summed E-state index contributed by atoms with van der Waals surface area (Å²) in [5.41, 5.74) is 2.57. The van der Waals surface area contributed by atoms with Crippen molar-refractivity contribution < 1.29 is 18.0 Å². The number of allylic oxidation sites excluding steroid dienone is 1. The van der Waals surface area contributed by atoms with Crippen molar-refractivity contribution in [2.75, 3.05) is 39.3 Å². The molecule has 0 atom stereocenters. The van der Waals surface area contributed by atoms with Gasteiger partial charge in [-0.2, -0.15) is 0 Å². The fourth-order valence-electron chi connectivity index (χ4n) is 4.13. The van der Waals surface area contributed by atoms with Gasteiger partial charge in [-0.3, -0.25) is 9.59 Å². The predicted molar refractivity (Wildman–Crippen MR) is 137 cm³/mol. The van der Waals surface area contributed by atoms with Gasteiger partial charge in [0.25, 0.3) is 5.91 Å². The standard InChI is InChI=1S/C26H34N4O4S/c1-20-10-7-8-13-24(20)35(33,34)28-14-9-17-30(22(3)31)25(21(2)23-11-5-4-6-12-23)26(32)29-18-15-27-16-19-29/h4-8,10-13,27-28H,9,14-19H2,1-3H3/b25-21+. The van der Waals surface area contributed by atoms with Crippen LogP contribution in [0.25, 0.3) is 5.57 Å². The quantitative estimate of drug-likeness (QED) is 0.409. The van der Waals surface area contributed by atoms with Crippen LogP contribution in [0, 0.1) is 6.92 Å². The van der Waals surface area contributed by atoms with E-state index in [1.807, 2.05) is 37.3 Å². The Morgan fingerprint density at radius 2 is 1.63 bits per heavy atom. The molecule has 8 nitrogen and oxygen atoms in total. The summed E-state index contributed by atoms with van der Waals surface area (Å²) >= 11 is 0. The number of rotatable bonds is 9. The van der Waals surface area contributed by atoms with Gasteiger partial charge in [-0.05, 0) is 43.0 Å². The van der Waals surface area contributed by atoms with Crippen molar-refractivity contribution in [1.29, 1.82) is 0 Å². The molecule has 0 spiro atoms. The van der Waals surface area contributed by atoms with Crippen molar-refractivity contribution in [3.63, 3.8) is 0 Å². The monoisotopic (exact) mass is 498 g/mol. The minimum absolute atomic E-state index is 0.139. The van der Waals surface area contributed by atoms with Gasteiger partial charge in [-0.15, -0.1) is 0 Å². The molecule has 1 aliphatic heterocycles. The molecule has 1 heterocycles. The van der Waals surface area contributed by atoms with Crippen LogP contribution in [0.3, 0.4) is 0 Å². The number of sulfonamides is 1. The van der Waals surface area contributed by atoms with Gasteiger partial charge in [0.05, 0.1) is 4.90 Å². The first-order valence-corrected chi connectivity index (χ1v) is 13.3. The van der Waals surface area contributed by atoms with E-state index < -0.39 is 10.0 Å². The SMILES string of the molecule is CC(=O)N(CCCNS(=O)(=O)c1ccccc1C)/C(C(=O)N1CCNCC1)=C(\C)c1ccccc1. The average molecular weight is 499 g/mol. The Morgan fingerprint density at radius 1 is 1.00 bits per heavy atom. The maximum atomic E-state index is 13.6. The van der Waals surface area contributed by atoms with Crippen LogP contribution in [-0.4, -0.2) is 69.3 Å². The lowest BCUT2D eigenvalue weighted by atomic mass is 10.0. The molecule has 2 N–H and O–H groups in total. The minimum atomic E-state index is -3.67. The molecule has 1 saturated heterocycles. The van der Waals surface area contributed by atoms with Crippen molar-refractivity contribution in [3.05, 3.63) is 71.4 Å². The molecule has 0 saturated carbocycles. The maximum absolute atomic E-state index is 13.6. The van der Waals surface area contributed by atoms with Gasteiger partial charge < -0.3 is 15.1 Å². The first kappa shape index (κ1) is 26.6. The van der Waals surface area contributed by atoms with E-state index in [0.29, 0.717) is 49.4 Å². The average Bonchev–Trinajstić information content (AvgIpc) is 2.86. The smallest absolute Gasteiger partial charge is 0.270 e. The number of piperazine rings is 1. The van der Waals surface area contributed by atoms with Crippen molar-refractivity contribution in [1.82, 2.24) is 19.8 Å². The number of nitrogens with zero attached hydrogens (tertiary/aromatic N) is 2. The van der Waals surface area contributed by atoms with Gasteiger partial charge in [0.2, 0.25) is 15.9 Å². The summed E-state index contributed by atoms with van der Waals surface area (Å²) in [4.78, 5) is 29.8. The topological polar surface area (TPSA) is 98.8 Å². The van der Waals surface area contributed by atoms with Crippen LogP contribution in [0.4, 0.5) is 0 Å². The normalized spacial score (nSPS) is 14.9. The molecule has 2 aromatic rings. The van der Waals surface area contributed by atoms with Gasteiger partial charge in [-0.1, -0.05) is 48.5 Å². The fraction of sp³-hybridized carbons (Fsp3) is 0.385. The molecule has 0 unspecified atom stereocenters. The number of aryl methyl sites for hydroxylation is 1. The number of hydrogen-bond donors (Lipinski definition) is 2. The summed E-state index contributed by atoms with van der Waals surface area (Å²) in [7, 11) is -3.67. The third-order valence-corrected chi connectivity index (χ3v) is 7.67. The van der Waals surface area contributed by atoms with E-state index >= 15 is 0 Å². The Balaban J connectivity index is 1.81. The van der Waals surface area contributed by atoms with Crippen LogP contribution in [0.2, 0.25) is 0 Å². The third-order valence-electron chi connectivity index (χ3n) is 6.05. The van der Waals surface area contributed by atoms with Gasteiger partial charge in [0.1, 0.15) is 5.70 Å². The first-order valence-electron chi connectivity index (χ1n) is 11.8. The van der Waals surface area contributed by atoms with Gasteiger partial charge in [0.15, 0.2) is 0 Å². The summed E-state index contributed by atoms with van der Waals surface area (Å²) in [6.07, 6.45) is 0.352. The molecule has 2 aromatic carbocycles. The highest BCUT2D eigenvalue weighted by molar-refractivity contribution is 7.89. The van der Waals surface area contributed by atoms with Crippen molar-refractivity contribution in [3.8, 4) is 0 Å². The largest absolute Gasteiger partial charge is 0.335 e. The molecule has 0 aliphatic carbocycles. The molecular weight excluding hydrogens is 464 g/mol. The molecule has 9 heteroatoms. The summed E-state index contributed by atoms with van der Waals surface area (Å²) in [6, 6.07) is 16.3. The van der Waals surface area contributed by atoms with E-state index in [1.54, 1.807) is 36.1 Å². The lowest BCUT2D eigenvalue weighted by Crippen LogP contribution is -2.49. The highest BCUT2D eigenvalue weighted by Crippen LogP contribution is 2.24. The zero-order valence-electron chi connectivity index (χ0n) is 20.6. The van der Waals surface area contributed by atoms with E-state index in [-0.39, 0.29) is 29.8 Å². The zero-order chi connectivity index (χ0) is 25.4. The van der Waals surface area contributed by atoms with E-state index in [0.717, 1.165) is 5.56 Å². The third kappa shape index (κ3) is 6.78. The summed E-state index contributed by atoms with van der Waals surface area (Å²) in [5, 5.41) is 3.24. The van der Waals surface area contributed by atoms with Crippen LogP contribution in [0.15, 0.2) is 65.2 Å². The van der Waals surface area contributed by atoms with E-state index in [9.17, 15) is 18.0 Å². The number of amides is 2. The number of carbonyl (C=O) groups is 2. The number of carbonyl (C=O) groups excluding carboxylic acids is 2. The van der Waals surface area contributed by atoms with Crippen molar-refractivity contribution >= 4 is 27.4 Å². The first-order chi connectivity index (χ1) is 16.7. The second-order valence-electron chi connectivity index (χ2n) is 8.57. The molecule has 3 rings (SSSR count). The van der Waals surface area contributed by atoms with E-state index in [2.05, 4.69) is 10.0 Å². The summed E-state index contributed by atoms with van der Waals surface area (Å²) in [6.45, 7) is 7.90. The molecule has 1 fully saturated rings. The second kappa shape index (κ2) is 12.1. The molecule has 188 valence electrons. The van der Waals surface area contributed by atoms with Crippen LogP contribution in [0.5, 0.6) is 0 Å². The zero-order valence-corrected chi connectivity index (χ0v) is 21.4. The highest BCUT2D eigenvalue weighted by Gasteiger charge is 2.29. The number of nitrogens with one attached hydrogen (secondary N) is 2. The molecule has 0 bridgehead atoms. The summed E-state index contributed by atoms with van der Waals surface area (Å²) < 4.78 is 28.0. The molecule has 1 aliphatic rings. The molecule has 0 radical (unpaired) electrons. The lowest BCUT2D eigenvalue weighted by Gasteiger charge is -2.33. The number of hydrogen-bond acceptors (Lipinski definition) is 5. The fourth-order valence-corrected chi connectivity index (χ4v) is 5.45. The maximum Gasteiger partial charge on any atom is 0.270 e. The summed E-state index contributed by atoms with van der Waals surface area (Å²) in [5.74, 6) is -0.455. The van der Waals surface area contributed by atoms with Crippen LogP contribution in [0.1, 0.15) is 31.4 Å². The Labute approximate surface area is 208 Å². The minimum Gasteiger partial charge on any atom is -0.335 e. The molecular formula is C26H34N4O4S. The molecule has 2 amide bonds. The van der Waals surface area contributed by atoms with Crippen LogP contribution in [-0.2, 0) is 19.6 Å². The molecule has 35 heavy (non-hydrogen) atoms. The van der Waals surface area contributed by atoms with Crippen LogP contribution >= 0.6 is 0 Å².